The largest absolute Gasteiger partial charge is 0.481 e. The summed E-state index contributed by atoms with van der Waals surface area (Å²) >= 11 is 0. The van der Waals surface area contributed by atoms with E-state index in [1.54, 1.807) is 0 Å². The topological polar surface area (TPSA) is 61.1 Å². The van der Waals surface area contributed by atoms with Gasteiger partial charge in [0.1, 0.15) is 0 Å². The molecule has 0 aromatic heterocycles. The van der Waals surface area contributed by atoms with E-state index in [1.807, 2.05) is 0 Å². The van der Waals surface area contributed by atoms with E-state index in [0.29, 0.717) is 41.9 Å². The highest BCUT2D eigenvalue weighted by Gasteiger charge is 2.55. The van der Waals surface area contributed by atoms with E-state index in [4.69, 9.17) is 5.26 Å². The lowest BCUT2D eigenvalue weighted by molar-refractivity contribution is -0.141. The van der Waals surface area contributed by atoms with Crippen LogP contribution in [0.25, 0.3) is 0 Å². The quantitative estimate of drug-likeness (QED) is 0.331. The molecule has 2 rings (SSSR count). The van der Waals surface area contributed by atoms with Crippen LogP contribution in [0.5, 0.6) is 0 Å². The van der Waals surface area contributed by atoms with Crippen molar-refractivity contribution in [3.8, 4) is 6.07 Å². The Labute approximate surface area is 186 Å². The molecule has 0 aliphatic heterocycles. The highest BCUT2D eigenvalue weighted by Crippen LogP contribution is 2.62. The Morgan fingerprint density at radius 2 is 1.73 bits per heavy atom. The molecule has 0 bridgehead atoms. The van der Waals surface area contributed by atoms with Crippen molar-refractivity contribution in [2.45, 2.75) is 112 Å². The van der Waals surface area contributed by atoms with Crippen LogP contribution in [-0.4, -0.2) is 11.1 Å². The lowest BCUT2D eigenvalue weighted by Gasteiger charge is -2.51. The summed E-state index contributed by atoms with van der Waals surface area (Å²) in [5.74, 6) is 3.71. The van der Waals surface area contributed by atoms with Crippen molar-refractivity contribution in [3.63, 3.8) is 0 Å². The van der Waals surface area contributed by atoms with Gasteiger partial charge in [-0.05, 0) is 78.9 Å². The molecule has 0 radical (unpaired) electrons. The minimum absolute atomic E-state index is 0.328. The van der Waals surface area contributed by atoms with Gasteiger partial charge in [0.05, 0.1) is 6.07 Å². The molecule has 1 unspecified atom stereocenters. The van der Waals surface area contributed by atoms with Gasteiger partial charge in [-0.1, -0.05) is 66.7 Å². The second kappa shape index (κ2) is 11.5. The fraction of sp³-hybridized carbons (Fsp3) is 0.926. The maximum absolute atomic E-state index is 11.8. The molecular formula is C27H47NO2. The molecule has 0 saturated heterocycles. The molecule has 3 nitrogen and oxygen atoms in total. The predicted octanol–water partition coefficient (Wildman–Crippen LogP) is 7.70. The van der Waals surface area contributed by atoms with Gasteiger partial charge >= 0.3 is 5.97 Å². The van der Waals surface area contributed by atoms with E-state index in [0.717, 1.165) is 37.0 Å². The van der Waals surface area contributed by atoms with Crippen LogP contribution in [0.1, 0.15) is 112 Å². The van der Waals surface area contributed by atoms with Crippen molar-refractivity contribution in [2.24, 2.45) is 46.8 Å². The van der Waals surface area contributed by atoms with Crippen molar-refractivity contribution in [3.05, 3.63) is 0 Å². The molecule has 0 aromatic carbocycles. The molecule has 30 heavy (non-hydrogen) atoms. The minimum Gasteiger partial charge on any atom is -0.481 e. The second-order valence-corrected chi connectivity index (χ2v) is 11.4. The molecule has 0 heterocycles. The van der Waals surface area contributed by atoms with Gasteiger partial charge < -0.3 is 5.11 Å². The molecule has 172 valence electrons. The Hall–Kier alpha value is -1.04. The van der Waals surface area contributed by atoms with Crippen molar-refractivity contribution in [2.75, 3.05) is 0 Å². The van der Waals surface area contributed by atoms with Gasteiger partial charge in [-0.25, -0.2) is 0 Å². The fourth-order valence-corrected chi connectivity index (χ4v) is 7.43. The number of hydrogen-bond donors (Lipinski definition) is 1. The lowest BCUT2D eigenvalue weighted by Crippen LogP contribution is -2.45. The third-order valence-corrected chi connectivity index (χ3v) is 9.03. The molecule has 0 amide bonds. The first-order valence-corrected chi connectivity index (χ1v) is 12.8. The van der Waals surface area contributed by atoms with Crippen LogP contribution >= 0.6 is 0 Å². The first kappa shape index (κ1) is 25.2. The molecule has 0 spiro atoms. The molecule has 1 N–H and O–H groups in total. The van der Waals surface area contributed by atoms with Crippen molar-refractivity contribution in [1.29, 1.82) is 5.26 Å². The van der Waals surface area contributed by atoms with Crippen LogP contribution in [-0.2, 0) is 4.79 Å². The van der Waals surface area contributed by atoms with Crippen LogP contribution in [0.15, 0.2) is 0 Å². The van der Waals surface area contributed by atoms with Crippen molar-refractivity contribution >= 4 is 5.97 Å². The van der Waals surface area contributed by atoms with Gasteiger partial charge in [-0.2, -0.15) is 5.26 Å². The van der Waals surface area contributed by atoms with Gasteiger partial charge in [0.15, 0.2) is 0 Å². The van der Waals surface area contributed by atoms with Gasteiger partial charge in [0.25, 0.3) is 0 Å². The summed E-state index contributed by atoms with van der Waals surface area (Å²) in [4.78, 5) is 11.8. The molecule has 2 fully saturated rings. The summed E-state index contributed by atoms with van der Waals surface area (Å²) in [5.41, 5.74) is 0.328. The van der Waals surface area contributed by atoms with Crippen molar-refractivity contribution < 1.29 is 9.90 Å². The summed E-state index contributed by atoms with van der Waals surface area (Å²) in [6.07, 6.45) is 13.2. The monoisotopic (exact) mass is 417 g/mol. The Morgan fingerprint density at radius 1 is 1.03 bits per heavy atom. The molecule has 2 aliphatic carbocycles. The van der Waals surface area contributed by atoms with E-state index >= 15 is 0 Å². The zero-order valence-electron chi connectivity index (χ0n) is 20.3. The fourth-order valence-electron chi connectivity index (χ4n) is 7.43. The molecule has 0 aromatic rings. The van der Waals surface area contributed by atoms with Gasteiger partial charge in [0.2, 0.25) is 0 Å². The first-order chi connectivity index (χ1) is 14.2. The Kier molecular flexibility index (Phi) is 9.70. The number of nitrogens with zero attached hydrogens (tertiary/aromatic N) is 1. The standard InChI is InChI=1S/C27H47NO2/c1-19(2)10-9-12-21(4)24-13-14-25-23(18-26(29)30)22(15-16-27(24,25)5)20(3)11-7-6-8-17-28/h19-25H,6-16,18H2,1-5H3,(H,29,30)/t20-,21?,22+,23+,24+,25-,27+/m0/s1. The van der Waals surface area contributed by atoms with Gasteiger partial charge in [-0.3, -0.25) is 4.79 Å². The summed E-state index contributed by atoms with van der Waals surface area (Å²) in [6.45, 7) is 12.0. The number of fused-ring (bicyclic) bond motifs is 1. The van der Waals surface area contributed by atoms with Crippen LogP contribution in [0.2, 0.25) is 0 Å². The number of unbranched alkanes of at least 4 members (excludes halogenated alkanes) is 2. The molecule has 7 atom stereocenters. The number of hydrogen-bond acceptors (Lipinski definition) is 2. The van der Waals surface area contributed by atoms with E-state index in [-0.39, 0.29) is 0 Å². The Morgan fingerprint density at radius 3 is 2.37 bits per heavy atom. The van der Waals surface area contributed by atoms with E-state index in [9.17, 15) is 9.90 Å². The summed E-state index contributed by atoms with van der Waals surface area (Å²) in [6, 6.07) is 2.25. The highest BCUT2D eigenvalue weighted by atomic mass is 16.4. The maximum atomic E-state index is 11.8. The zero-order valence-corrected chi connectivity index (χ0v) is 20.3. The molecular weight excluding hydrogens is 370 g/mol. The van der Waals surface area contributed by atoms with E-state index in [2.05, 4.69) is 40.7 Å². The summed E-state index contributed by atoms with van der Waals surface area (Å²) in [5, 5.41) is 18.5. The first-order valence-electron chi connectivity index (χ1n) is 12.8. The van der Waals surface area contributed by atoms with Crippen LogP contribution in [0, 0.1) is 58.2 Å². The Bertz CT molecular complexity index is 580. The van der Waals surface area contributed by atoms with Crippen LogP contribution < -0.4 is 0 Å². The van der Waals surface area contributed by atoms with Crippen molar-refractivity contribution in [1.82, 2.24) is 0 Å². The lowest BCUT2D eigenvalue weighted by atomic mass is 9.54. The third kappa shape index (κ3) is 6.24. The molecule has 2 saturated carbocycles. The molecule has 3 heteroatoms. The van der Waals surface area contributed by atoms with E-state index in [1.165, 1.54) is 44.9 Å². The predicted molar refractivity (Wildman–Crippen MR) is 124 cm³/mol. The van der Waals surface area contributed by atoms with E-state index < -0.39 is 5.97 Å². The summed E-state index contributed by atoms with van der Waals surface area (Å²) < 4.78 is 0. The Balaban J connectivity index is 2.07. The van der Waals surface area contributed by atoms with Crippen LogP contribution in [0.4, 0.5) is 0 Å². The number of carboxylic acids is 1. The third-order valence-electron chi connectivity index (χ3n) is 9.03. The minimum atomic E-state index is -0.612. The number of carbonyl (C=O) groups is 1. The normalized spacial score (nSPS) is 33.1. The highest BCUT2D eigenvalue weighted by molar-refractivity contribution is 5.67. The average Bonchev–Trinajstić information content (AvgIpc) is 3.02. The number of aliphatic carboxylic acids is 1. The number of nitriles is 1. The zero-order chi connectivity index (χ0) is 22.3. The average molecular weight is 418 g/mol. The maximum Gasteiger partial charge on any atom is 0.303 e. The smallest absolute Gasteiger partial charge is 0.303 e. The summed E-state index contributed by atoms with van der Waals surface area (Å²) in [7, 11) is 0. The van der Waals surface area contributed by atoms with Gasteiger partial charge in [0, 0.05) is 12.8 Å². The van der Waals surface area contributed by atoms with Gasteiger partial charge in [-0.15, -0.1) is 0 Å². The number of carboxylic acid groups (broad SMARTS) is 1. The number of rotatable bonds is 12. The SMILES string of the molecule is CC(C)CCCC(C)[C@H]1CC[C@H]2[C@H](CC(=O)O)[C@@H]([C@@H](C)CCCCC#N)CC[C@]12C. The van der Waals surface area contributed by atoms with Crippen LogP contribution in [0.3, 0.4) is 0 Å². The molecule has 2 aliphatic rings. The second-order valence-electron chi connectivity index (χ2n) is 11.4.